The van der Waals surface area contributed by atoms with Crippen LogP contribution in [0.5, 0.6) is 0 Å². The second-order valence-corrected chi connectivity index (χ2v) is 7.04. The van der Waals surface area contributed by atoms with Gasteiger partial charge in [0.25, 0.3) is 0 Å². The first kappa shape index (κ1) is 15.1. The van der Waals surface area contributed by atoms with Crippen LogP contribution in [0.3, 0.4) is 0 Å². The number of rotatable bonds is 6. The summed E-state index contributed by atoms with van der Waals surface area (Å²) < 4.78 is 11.5. The molecule has 0 spiro atoms. The minimum atomic E-state index is -0.629. The molecule has 1 aliphatic rings. The molecule has 0 radical (unpaired) electrons. The van der Waals surface area contributed by atoms with E-state index in [1.54, 1.807) is 0 Å². The van der Waals surface area contributed by atoms with Crippen LogP contribution in [0.2, 0.25) is 0 Å². The van der Waals surface area contributed by atoms with Crippen LogP contribution in [0.25, 0.3) is 0 Å². The van der Waals surface area contributed by atoms with Gasteiger partial charge in [-0.05, 0) is 12.8 Å². The highest BCUT2D eigenvalue weighted by atomic mass is 32.2. The molecular weight excluding hydrogens is 232 g/mol. The van der Waals surface area contributed by atoms with E-state index in [1.807, 2.05) is 6.92 Å². The largest absolute Gasteiger partial charge is 0.311 e. The van der Waals surface area contributed by atoms with E-state index in [0.717, 1.165) is 37.1 Å². The van der Waals surface area contributed by atoms with E-state index in [9.17, 15) is 4.21 Å². The Kier molecular flexibility index (Phi) is 6.67. The quantitative estimate of drug-likeness (QED) is 0.785. The fourth-order valence-corrected chi connectivity index (χ4v) is 3.02. The van der Waals surface area contributed by atoms with E-state index in [4.69, 9.17) is 0 Å². The smallest absolute Gasteiger partial charge is 0.0362 e. The highest BCUT2D eigenvalue weighted by Crippen LogP contribution is 2.15. The molecule has 17 heavy (non-hydrogen) atoms. The second-order valence-electron chi connectivity index (χ2n) is 5.18. The molecule has 0 aromatic heterocycles. The van der Waals surface area contributed by atoms with Crippen LogP contribution in [-0.2, 0) is 10.8 Å². The average Bonchev–Trinajstić information content (AvgIpc) is 2.36. The Morgan fingerprint density at radius 2 is 2.18 bits per heavy atom. The zero-order valence-corrected chi connectivity index (χ0v) is 12.6. The predicted octanol–water partition coefficient (Wildman–Crippen LogP) is 1.46. The molecule has 4 heteroatoms. The van der Waals surface area contributed by atoms with Crippen LogP contribution in [0.1, 0.15) is 34.1 Å². The highest BCUT2D eigenvalue weighted by Gasteiger charge is 2.27. The van der Waals surface area contributed by atoms with Crippen LogP contribution >= 0.6 is 0 Å². The van der Waals surface area contributed by atoms with Gasteiger partial charge in [0.1, 0.15) is 0 Å². The molecule has 102 valence electrons. The normalized spacial score (nSPS) is 30.1. The molecule has 0 saturated carbocycles. The van der Waals surface area contributed by atoms with Gasteiger partial charge in [-0.2, -0.15) is 0 Å². The van der Waals surface area contributed by atoms with Gasteiger partial charge in [0.05, 0.1) is 0 Å². The fraction of sp³-hybridized carbons (Fsp3) is 1.00. The molecule has 1 N–H and O–H groups in total. The van der Waals surface area contributed by atoms with E-state index in [1.165, 1.54) is 6.42 Å². The minimum Gasteiger partial charge on any atom is -0.311 e. The molecule has 0 bridgehead atoms. The number of piperazine rings is 1. The van der Waals surface area contributed by atoms with Crippen molar-refractivity contribution in [3.63, 3.8) is 0 Å². The topological polar surface area (TPSA) is 32.3 Å². The number of hydrogen-bond acceptors (Lipinski definition) is 3. The van der Waals surface area contributed by atoms with Crippen LogP contribution in [0.15, 0.2) is 0 Å². The highest BCUT2D eigenvalue weighted by molar-refractivity contribution is 7.84. The molecule has 1 saturated heterocycles. The monoisotopic (exact) mass is 260 g/mol. The molecule has 1 aliphatic heterocycles. The van der Waals surface area contributed by atoms with Gasteiger partial charge in [0.2, 0.25) is 0 Å². The van der Waals surface area contributed by atoms with Crippen molar-refractivity contribution in [2.75, 3.05) is 31.1 Å². The fourth-order valence-electron chi connectivity index (χ4n) is 2.29. The Balaban J connectivity index is 2.43. The second kappa shape index (κ2) is 7.49. The minimum absolute atomic E-state index is 0.573. The third-order valence-corrected chi connectivity index (χ3v) is 5.27. The van der Waals surface area contributed by atoms with Crippen molar-refractivity contribution >= 4 is 10.8 Å². The summed E-state index contributed by atoms with van der Waals surface area (Å²) in [7, 11) is -0.629. The van der Waals surface area contributed by atoms with Crippen molar-refractivity contribution in [2.45, 2.75) is 46.2 Å². The van der Waals surface area contributed by atoms with Crippen molar-refractivity contribution in [2.24, 2.45) is 5.92 Å². The summed E-state index contributed by atoms with van der Waals surface area (Å²) >= 11 is 0. The number of nitrogens with zero attached hydrogens (tertiary/aromatic N) is 1. The van der Waals surface area contributed by atoms with E-state index in [2.05, 4.69) is 31.0 Å². The Hall–Kier alpha value is 0.0700. The molecule has 1 fully saturated rings. The van der Waals surface area contributed by atoms with Crippen LogP contribution < -0.4 is 5.32 Å². The third-order valence-electron chi connectivity index (χ3n) is 3.99. The molecule has 0 aliphatic carbocycles. The van der Waals surface area contributed by atoms with Gasteiger partial charge in [-0.3, -0.25) is 9.11 Å². The van der Waals surface area contributed by atoms with Gasteiger partial charge in [0, 0.05) is 54.0 Å². The Morgan fingerprint density at radius 1 is 1.47 bits per heavy atom. The van der Waals surface area contributed by atoms with Crippen molar-refractivity contribution in [1.82, 2.24) is 10.2 Å². The zero-order valence-electron chi connectivity index (χ0n) is 11.7. The summed E-state index contributed by atoms with van der Waals surface area (Å²) in [6.07, 6.45) is 1.22. The Bertz CT molecular complexity index is 248. The van der Waals surface area contributed by atoms with Crippen molar-refractivity contribution in [1.29, 1.82) is 0 Å². The molecule has 0 aromatic carbocycles. The molecular formula is C13H28N2OS. The lowest BCUT2D eigenvalue weighted by atomic mass is 9.96. The van der Waals surface area contributed by atoms with Crippen molar-refractivity contribution in [3.05, 3.63) is 0 Å². The Morgan fingerprint density at radius 3 is 2.76 bits per heavy atom. The van der Waals surface area contributed by atoms with Gasteiger partial charge in [0.15, 0.2) is 0 Å². The van der Waals surface area contributed by atoms with E-state index >= 15 is 0 Å². The first-order valence-corrected chi connectivity index (χ1v) is 8.39. The predicted molar refractivity (Wildman–Crippen MR) is 75.8 cm³/mol. The number of nitrogens with one attached hydrogen (secondary N) is 1. The molecule has 1 heterocycles. The van der Waals surface area contributed by atoms with Gasteiger partial charge in [-0.1, -0.05) is 27.2 Å². The molecule has 4 unspecified atom stereocenters. The summed E-state index contributed by atoms with van der Waals surface area (Å²) in [6.45, 7) is 12.0. The lowest BCUT2D eigenvalue weighted by Gasteiger charge is -2.41. The van der Waals surface area contributed by atoms with Gasteiger partial charge < -0.3 is 5.32 Å². The summed E-state index contributed by atoms with van der Waals surface area (Å²) in [6, 6.07) is 1.18. The first-order valence-electron chi connectivity index (χ1n) is 6.90. The molecule has 4 atom stereocenters. The van der Waals surface area contributed by atoms with Gasteiger partial charge in [-0.15, -0.1) is 0 Å². The van der Waals surface area contributed by atoms with Crippen molar-refractivity contribution in [3.8, 4) is 0 Å². The third kappa shape index (κ3) is 4.68. The van der Waals surface area contributed by atoms with Crippen LogP contribution in [-0.4, -0.2) is 52.3 Å². The van der Waals surface area contributed by atoms with Crippen LogP contribution in [0, 0.1) is 5.92 Å². The maximum absolute atomic E-state index is 11.5. The standard InChI is InChI=1S/C13H28N2OS/c1-5-11(3)13-10-15(12(4)9-14-13)7-8-17(16)6-2/h11-14H,5-10H2,1-4H3. The van der Waals surface area contributed by atoms with E-state index < -0.39 is 10.8 Å². The SMILES string of the molecule is CCC(C)C1CN(CCS(=O)CC)C(C)CN1. The summed E-state index contributed by atoms with van der Waals surface area (Å²) in [4.78, 5) is 2.50. The lowest BCUT2D eigenvalue weighted by Crippen LogP contribution is -2.58. The number of hydrogen-bond donors (Lipinski definition) is 1. The van der Waals surface area contributed by atoms with Crippen molar-refractivity contribution < 1.29 is 4.21 Å². The average molecular weight is 260 g/mol. The van der Waals surface area contributed by atoms with Crippen LogP contribution in [0.4, 0.5) is 0 Å². The van der Waals surface area contributed by atoms with Gasteiger partial charge >= 0.3 is 0 Å². The Labute approximate surface area is 109 Å². The van der Waals surface area contributed by atoms with E-state index in [0.29, 0.717) is 12.1 Å². The summed E-state index contributed by atoms with van der Waals surface area (Å²) in [5.74, 6) is 2.34. The molecule has 3 nitrogen and oxygen atoms in total. The molecule has 1 rings (SSSR count). The van der Waals surface area contributed by atoms with Gasteiger partial charge in [-0.25, -0.2) is 0 Å². The van der Waals surface area contributed by atoms with E-state index in [-0.39, 0.29) is 0 Å². The maximum Gasteiger partial charge on any atom is 0.0362 e. The summed E-state index contributed by atoms with van der Waals surface area (Å²) in [5, 5.41) is 3.63. The maximum atomic E-state index is 11.5. The zero-order chi connectivity index (χ0) is 12.8. The first-order chi connectivity index (χ1) is 8.08. The molecule has 0 amide bonds. The summed E-state index contributed by atoms with van der Waals surface area (Å²) in [5.41, 5.74) is 0. The lowest BCUT2D eigenvalue weighted by molar-refractivity contribution is 0.126. The molecule has 0 aromatic rings.